The van der Waals surface area contributed by atoms with E-state index in [4.69, 9.17) is 5.73 Å². The lowest BCUT2D eigenvalue weighted by atomic mass is 10.3. The second kappa shape index (κ2) is 5.53. The Bertz CT molecular complexity index is 393. The van der Waals surface area contributed by atoms with Crippen LogP contribution in [0.2, 0.25) is 0 Å². The molecule has 0 spiro atoms. The van der Waals surface area contributed by atoms with Gasteiger partial charge >= 0.3 is 6.18 Å². The molecule has 1 rings (SSSR count). The molecule has 1 amide bonds. The van der Waals surface area contributed by atoms with E-state index in [-0.39, 0.29) is 18.0 Å². The molecule has 0 aliphatic carbocycles. The molecule has 0 saturated heterocycles. The number of ether oxygens (including phenoxy) is 1. The molecule has 0 radical (unpaired) electrons. The van der Waals surface area contributed by atoms with Crippen LogP contribution < -0.4 is 15.8 Å². The summed E-state index contributed by atoms with van der Waals surface area (Å²) in [5.74, 6) is -0.556. The van der Waals surface area contributed by atoms with E-state index >= 15 is 0 Å². The van der Waals surface area contributed by atoms with E-state index in [1.165, 1.54) is 18.2 Å². The Labute approximate surface area is 95.6 Å². The second-order valence-corrected chi connectivity index (χ2v) is 3.15. The second-order valence-electron chi connectivity index (χ2n) is 3.15. The van der Waals surface area contributed by atoms with Gasteiger partial charge in [0.2, 0.25) is 5.91 Å². The monoisotopic (exact) mass is 248 g/mol. The third-order valence-corrected chi connectivity index (χ3v) is 1.74. The molecule has 0 unspecified atom stereocenters. The Balaban J connectivity index is 2.74. The largest absolute Gasteiger partial charge is 0.482 e. The Morgan fingerprint density at radius 3 is 2.59 bits per heavy atom. The van der Waals surface area contributed by atoms with Gasteiger partial charge in [-0.25, -0.2) is 0 Å². The molecule has 4 nitrogen and oxygen atoms in total. The van der Waals surface area contributed by atoms with Crippen molar-refractivity contribution in [1.82, 2.24) is 0 Å². The molecule has 1 aromatic carbocycles. The van der Waals surface area contributed by atoms with Crippen molar-refractivity contribution in [3.8, 4) is 5.75 Å². The molecule has 7 heteroatoms. The third-order valence-electron chi connectivity index (χ3n) is 1.74. The minimum absolute atomic E-state index is 0.0494. The lowest BCUT2D eigenvalue weighted by Gasteiger charge is -2.13. The van der Waals surface area contributed by atoms with Crippen LogP contribution in [0.5, 0.6) is 5.75 Å². The number of nitrogens with one attached hydrogen (secondary N) is 1. The summed E-state index contributed by atoms with van der Waals surface area (Å²) in [5, 5.41) is 2.34. The highest BCUT2D eigenvalue weighted by molar-refractivity contribution is 5.93. The number of amides is 1. The molecule has 0 aromatic heterocycles. The molecule has 3 N–H and O–H groups in total. The summed E-state index contributed by atoms with van der Waals surface area (Å²) in [6.07, 6.45) is -4.43. The molecule has 17 heavy (non-hydrogen) atoms. The number of nitrogens with two attached hydrogens (primary N) is 1. The summed E-state index contributed by atoms with van der Waals surface area (Å²) in [4.78, 5) is 11.0. The standard InChI is InChI=1S/C10H11F3N2O2/c11-10(12,13)6-17-8-4-2-1-3-7(8)15-9(16)5-14/h1-4H,5-6,14H2,(H,15,16). The van der Waals surface area contributed by atoms with E-state index in [0.717, 1.165) is 0 Å². The first-order chi connectivity index (χ1) is 7.92. The fraction of sp³-hybridized carbons (Fsp3) is 0.300. The molecular formula is C10H11F3N2O2. The molecule has 0 aliphatic heterocycles. The fourth-order valence-corrected chi connectivity index (χ4v) is 1.06. The van der Waals surface area contributed by atoms with Gasteiger partial charge in [0.05, 0.1) is 12.2 Å². The first kappa shape index (κ1) is 13.3. The topological polar surface area (TPSA) is 64.4 Å². The van der Waals surface area contributed by atoms with Gasteiger partial charge in [0, 0.05) is 0 Å². The predicted octanol–water partition coefficient (Wildman–Crippen LogP) is 1.52. The molecule has 0 fully saturated rings. The Hall–Kier alpha value is -1.76. The van der Waals surface area contributed by atoms with E-state index in [0.29, 0.717) is 0 Å². The molecule has 0 atom stereocenters. The molecule has 0 saturated carbocycles. The van der Waals surface area contributed by atoms with Crippen molar-refractivity contribution in [2.24, 2.45) is 5.73 Å². The van der Waals surface area contributed by atoms with Crippen molar-refractivity contribution in [2.75, 3.05) is 18.5 Å². The maximum Gasteiger partial charge on any atom is 0.422 e. The average molecular weight is 248 g/mol. The molecule has 0 aliphatic rings. The average Bonchev–Trinajstić information content (AvgIpc) is 2.26. The van der Waals surface area contributed by atoms with Gasteiger partial charge in [0.25, 0.3) is 0 Å². The summed E-state index contributed by atoms with van der Waals surface area (Å²) in [6, 6.07) is 5.83. The van der Waals surface area contributed by atoms with Gasteiger partial charge in [-0.3, -0.25) is 4.79 Å². The summed E-state index contributed by atoms with van der Waals surface area (Å²) < 4.78 is 40.5. The Kier molecular flexibility index (Phi) is 4.33. The maximum atomic E-state index is 12.0. The molecule has 0 heterocycles. The number of halogens is 3. The van der Waals surface area contributed by atoms with Crippen molar-refractivity contribution in [3.05, 3.63) is 24.3 Å². The van der Waals surface area contributed by atoms with Gasteiger partial charge in [0.15, 0.2) is 6.61 Å². The first-order valence-electron chi connectivity index (χ1n) is 4.71. The number of para-hydroxylation sites is 2. The van der Waals surface area contributed by atoms with Gasteiger partial charge in [-0.2, -0.15) is 13.2 Å². The molecular weight excluding hydrogens is 237 g/mol. The van der Waals surface area contributed by atoms with Crippen molar-refractivity contribution < 1.29 is 22.7 Å². The zero-order valence-corrected chi connectivity index (χ0v) is 8.75. The van der Waals surface area contributed by atoms with Crippen LogP contribution in [0.4, 0.5) is 18.9 Å². The number of alkyl halides is 3. The number of hydrogen-bond acceptors (Lipinski definition) is 3. The maximum absolute atomic E-state index is 12.0. The van der Waals surface area contributed by atoms with Crippen LogP contribution in [0, 0.1) is 0 Å². The normalized spacial score (nSPS) is 11.1. The van der Waals surface area contributed by atoms with Crippen molar-refractivity contribution in [2.45, 2.75) is 6.18 Å². The minimum Gasteiger partial charge on any atom is -0.482 e. The van der Waals surface area contributed by atoms with Gasteiger partial charge in [-0.15, -0.1) is 0 Å². The van der Waals surface area contributed by atoms with Gasteiger partial charge < -0.3 is 15.8 Å². The summed E-state index contributed by atoms with van der Waals surface area (Å²) >= 11 is 0. The van der Waals surface area contributed by atoms with Crippen LogP contribution in [0.1, 0.15) is 0 Å². The van der Waals surface area contributed by atoms with Gasteiger partial charge in [-0.1, -0.05) is 12.1 Å². The predicted molar refractivity (Wildman–Crippen MR) is 55.7 cm³/mol. The van der Waals surface area contributed by atoms with E-state index < -0.39 is 18.7 Å². The van der Waals surface area contributed by atoms with E-state index in [9.17, 15) is 18.0 Å². The number of carbonyl (C=O) groups is 1. The smallest absolute Gasteiger partial charge is 0.422 e. The van der Waals surface area contributed by atoms with Crippen LogP contribution in [-0.4, -0.2) is 25.2 Å². The van der Waals surface area contributed by atoms with Crippen molar-refractivity contribution >= 4 is 11.6 Å². The highest BCUT2D eigenvalue weighted by Gasteiger charge is 2.28. The van der Waals surface area contributed by atoms with E-state index in [1.807, 2.05) is 0 Å². The first-order valence-corrected chi connectivity index (χ1v) is 4.71. The summed E-state index contributed by atoms with van der Waals surface area (Å²) in [6.45, 7) is -1.67. The van der Waals surface area contributed by atoms with Crippen LogP contribution >= 0.6 is 0 Å². The summed E-state index contributed by atoms with van der Waals surface area (Å²) in [5.41, 5.74) is 5.24. The fourth-order valence-electron chi connectivity index (χ4n) is 1.06. The number of rotatable bonds is 4. The van der Waals surface area contributed by atoms with Crippen LogP contribution in [-0.2, 0) is 4.79 Å². The Morgan fingerprint density at radius 2 is 2.00 bits per heavy atom. The lowest BCUT2D eigenvalue weighted by molar-refractivity contribution is -0.153. The van der Waals surface area contributed by atoms with E-state index in [1.54, 1.807) is 6.07 Å². The van der Waals surface area contributed by atoms with Crippen LogP contribution in [0.15, 0.2) is 24.3 Å². The van der Waals surface area contributed by atoms with Gasteiger partial charge in [-0.05, 0) is 12.1 Å². The summed E-state index contributed by atoms with van der Waals surface area (Å²) in [7, 11) is 0. The quantitative estimate of drug-likeness (QED) is 0.849. The highest BCUT2D eigenvalue weighted by atomic mass is 19.4. The van der Waals surface area contributed by atoms with E-state index in [2.05, 4.69) is 10.1 Å². The van der Waals surface area contributed by atoms with Crippen molar-refractivity contribution in [1.29, 1.82) is 0 Å². The zero-order chi connectivity index (χ0) is 12.9. The number of hydrogen-bond donors (Lipinski definition) is 2. The highest BCUT2D eigenvalue weighted by Crippen LogP contribution is 2.26. The zero-order valence-electron chi connectivity index (χ0n) is 8.75. The van der Waals surface area contributed by atoms with Gasteiger partial charge in [0.1, 0.15) is 5.75 Å². The molecule has 94 valence electrons. The van der Waals surface area contributed by atoms with Crippen LogP contribution in [0.3, 0.4) is 0 Å². The number of anilines is 1. The molecule has 1 aromatic rings. The molecule has 0 bridgehead atoms. The number of benzene rings is 1. The Morgan fingerprint density at radius 1 is 1.35 bits per heavy atom. The third kappa shape index (κ3) is 4.73. The van der Waals surface area contributed by atoms with Crippen LogP contribution in [0.25, 0.3) is 0 Å². The van der Waals surface area contributed by atoms with Crippen molar-refractivity contribution in [3.63, 3.8) is 0 Å². The number of carbonyl (C=O) groups excluding carboxylic acids is 1. The minimum atomic E-state index is -4.43. The lowest BCUT2D eigenvalue weighted by Crippen LogP contribution is -2.23. The SMILES string of the molecule is NCC(=O)Nc1ccccc1OCC(F)(F)F.